The molecule has 3 rings (SSSR count). The van der Waals surface area contributed by atoms with Crippen LogP contribution in [0, 0.1) is 17.0 Å². The highest BCUT2D eigenvalue weighted by molar-refractivity contribution is 5.86. The van der Waals surface area contributed by atoms with Crippen LogP contribution in [0.15, 0.2) is 30.7 Å². The summed E-state index contributed by atoms with van der Waals surface area (Å²) in [7, 11) is 0. The van der Waals surface area contributed by atoms with E-state index in [1.807, 2.05) is 13.8 Å². The number of anilines is 2. The molecule has 0 radical (unpaired) electrons. The third kappa shape index (κ3) is 2.91. The standard InChI is InChI=1S/C15H14N6O2/c1-3-13-16-7-12-14(20-13)15(18-8-17-12)19-11-6-10(21(22)23)5-4-9(11)2/h4-8H,3H2,1-2H3,(H,17,18,19). The Morgan fingerprint density at radius 3 is 2.83 bits per heavy atom. The third-order valence-corrected chi connectivity index (χ3v) is 3.43. The summed E-state index contributed by atoms with van der Waals surface area (Å²) < 4.78 is 0. The van der Waals surface area contributed by atoms with Gasteiger partial charge >= 0.3 is 0 Å². The lowest BCUT2D eigenvalue weighted by Gasteiger charge is -2.10. The summed E-state index contributed by atoms with van der Waals surface area (Å²) >= 11 is 0. The first kappa shape index (κ1) is 14.8. The Bertz CT molecular complexity index is 896. The fourth-order valence-corrected chi connectivity index (χ4v) is 2.14. The fourth-order valence-electron chi connectivity index (χ4n) is 2.14. The molecular weight excluding hydrogens is 296 g/mol. The number of fused-ring (bicyclic) bond motifs is 1. The summed E-state index contributed by atoms with van der Waals surface area (Å²) in [6.07, 6.45) is 3.75. The van der Waals surface area contributed by atoms with Crippen LogP contribution in [0.2, 0.25) is 0 Å². The largest absolute Gasteiger partial charge is 0.338 e. The Labute approximate surface area is 131 Å². The summed E-state index contributed by atoms with van der Waals surface area (Å²) in [5.41, 5.74) is 2.69. The second-order valence-corrected chi connectivity index (χ2v) is 4.98. The number of aromatic nitrogens is 4. The molecule has 0 fully saturated rings. The quantitative estimate of drug-likeness (QED) is 0.583. The van der Waals surface area contributed by atoms with Crippen LogP contribution >= 0.6 is 0 Å². The van der Waals surface area contributed by atoms with Gasteiger partial charge in [-0.05, 0) is 12.5 Å². The second kappa shape index (κ2) is 5.91. The number of nitrogens with one attached hydrogen (secondary N) is 1. The molecule has 0 unspecified atom stereocenters. The first-order chi connectivity index (χ1) is 11.1. The molecule has 8 nitrogen and oxygen atoms in total. The number of non-ortho nitro benzene ring substituents is 1. The van der Waals surface area contributed by atoms with Crippen molar-refractivity contribution in [2.45, 2.75) is 20.3 Å². The number of nitro benzene ring substituents is 1. The Morgan fingerprint density at radius 2 is 2.09 bits per heavy atom. The maximum Gasteiger partial charge on any atom is 0.271 e. The molecule has 0 aliphatic rings. The number of hydrogen-bond donors (Lipinski definition) is 1. The molecule has 116 valence electrons. The molecule has 0 saturated carbocycles. The average Bonchev–Trinajstić information content (AvgIpc) is 2.56. The Morgan fingerprint density at radius 1 is 1.26 bits per heavy atom. The summed E-state index contributed by atoms with van der Waals surface area (Å²) in [4.78, 5) is 27.5. The molecule has 0 saturated heterocycles. The van der Waals surface area contributed by atoms with E-state index in [0.717, 1.165) is 5.56 Å². The predicted octanol–water partition coefficient (Wildman–Crippen LogP) is 2.94. The third-order valence-electron chi connectivity index (χ3n) is 3.43. The summed E-state index contributed by atoms with van der Waals surface area (Å²) in [6.45, 7) is 3.82. The van der Waals surface area contributed by atoms with E-state index in [-0.39, 0.29) is 5.69 Å². The minimum atomic E-state index is -0.430. The van der Waals surface area contributed by atoms with Gasteiger partial charge < -0.3 is 5.32 Å². The predicted molar refractivity (Wildman–Crippen MR) is 85.6 cm³/mol. The molecule has 0 atom stereocenters. The second-order valence-electron chi connectivity index (χ2n) is 4.98. The van der Waals surface area contributed by atoms with E-state index in [4.69, 9.17) is 0 Å². The van der Waals surface area contributed by atoms with Crippen LogP contribution in [0.1, 0.15) is 18.3 Å². The van der Waals surface area contributed by atoms with Crippen molar-refractivity contribution < 1.29 is 4.92 Å². The van der Waals surface area contributed by atoms with E-state index < -0.39 is 4.92 Å². The number of hydrogen-bond acceptors (Lipinski definition) is 7. The van der Waals surface area contributed by atoms with Crippen molar-refractivity contribution in [3.8, 4) is 0 Å². The molecule has 8 heteroatoms. The van der Waals surface area contributed by atoms with Gasteiger partial charge in [-0.15, -0.1) is 0 Å². The molecule has 0 aliphatic heterocycles. The van der Waals surface area contributed by atoms with Gasteiger partial charge in [0.05, 0.1) is 11.1 Å². The molecule has 2 aromatic heterocycles. The van der Waals surface area contributed by atoms with Gasteiger partial charge in [0.2, 0.25) is 0 Å². The maximum atomic E-state index is 10.9. The van der Waals surface area contributed by atoms with Crippen molar-refractivity contribution in [3.63, 3.8) is 0 Å². The molecule has 1 N–H and O–H groups in total. The van der Waals surface area contributed by atoms with Gasteiger partial charge in [-0.1, -0.05) is 13.0 Å². The van der Waals surface area contributed by atoms with Gasteiger partial charge in [-0.2, -0.15) is 0 Å². The van der Waals surface area contributed by atoms with E-state index >= 15 is 0 Å². The fraction of sp³-hybridized carbons (Fsp3) is 0.200. The van der Waals surface area contributed by atoms with Crippen LogP contribution in [-0.2, 0) is 6.42 Å². The molecule has 1 aromatic carbocycles. The van der Waals surface area contributed by atoms with Crippen molar-refractivity contribution in [1.82, 2.24) is 19.9 Å². The van der Waals surface area contributed by atoms with E-state index in [1.165, 1.54) is 18.5 Å². The SMILES string of the molecule is CCc1ncc2ncnc(Nc3cc([N+](=O)[O-])ccc3C)c2n1. The monoisotopic (exact) mass is 310 g/mol. The normalized spacial score (nSPS) is 10.7. The molecule has 2 heterocycles. The molecule has 23 heavy (non-hydrogen) atoms. The van der Waals surface area contributed by atoms with Crippen LogP contribution in [0.3, 0.4) is 0 Å². The van der Waals surface area contributed by atoms with Crippen LogP contribution in [0.25, 0.3) is 11.0 Å². The van der Waals surface area contributed by atoms with Crippen LogP contribution in [-0.4, -0.2) is 24.9 Å². The van der Waals surface area contributed by atoms with Crippen LogP contribution < -0.4 is 5.32 Å². The lowest BCUT2D eigenvalue weighted by atomic mass is 10.2. The summed E-state index contributed by atoms with van der Waals surface area (Å²) in [6, 6.07) is 4.64. The minimum Gasteiger partial charge on any atom is -0.338 e. The van der Waals surface area contributed by atoms with Crippen molar-refractivity contribution in [3.05, 3.63) is 52.2 Å². The Kier molecular flexibility index (Phi) is 3.80. The van der Waals surface area contributed by atoms with Crippen molar-refractivity contribution in [2.75, 3.05) is 5.32 Å². The topological polar surface area (TPSA) is 107 Å². The zero-order valence-corrected chi connectivity index (χ0v) is 12.6. The van der Waals surface area contributed by atoms with Gasteiger partial charge in [0.25, 0.3) is 5.69 Å². The van der Waals surface area contributed by atoms with E-state index in [1.54, 1.807) is 12.3 Å². The van der Waals surface area contributed by atoms with Gasteiger partial charge in [0.15, 0.2) is 5.82 Å². The van der Waals surface area contributed by atoms with Gasteiger partial charge in [0, 0.05) is 24.2 Å². The van der Waals surface area contributed by atoms with Crippen molar-refractivity contribution >= 4 is 28.2 Å². The summed E-state index contributed by atoms with van der Waals surface area (Å²) in [5, 5.41) is 14.1. The molecular formula is C15H14N6O2. The number of aryl methyl sites for hydroxylation is 2. The highest BCUT2D eigenvalue weighted by Crippen LogP contribution is 2.26. The highest BCUT2D eigenvalue weighted by Gasteiger charge is 2.12. The lowest BCUT2D eigenvalue weighted by Crippen LogP contribution is -2.02. The van der Waals surface area contributed by atoms with Crippen molar-refractivity contribution in [2.24, 2.45) is 0 Å². The van der Waals surface area contributed by atoms with Gasteiger partial charge in [0.1, 0.15) is 23.2 Å². The van der Waals surface area contributed by atoms with Crippen molar-refractivity contribution in [1.29, 1.82) is 0 Å². The number of nitrogens with zero attached hydrogens (tertiary/aromatic N) is 5. The smallest absolute Gasteiger partial charge is 0.271 e. The Balaban J connectivity index is 2.08. The van der Waals surface area contributed by atoms with Gasteiger partial charge in [-0.25, -0.2) is 19.9 Å². The number of nitro groups is 1. The van der Waals surface area contributed by atoms with Gasteiger partial charge in [-0.3, -0.25) is 10.1 Å². The first-order valence-electron chi connectivity index (χ1n) is 7.07. The molecule has 0 bridgehead atoms. The maximum absolute atomic E-state index is 10.9. The van der Waals surface area contributed by atoms with Crippen LogP contribution in [0.5, 0.6) is 0 Å². The zero-order chi connectivity index (χ0) is 16.4. The number of benzene rings is 1. The molecule has 3 aromatic rings. The van der Waals surface area contributed by atoms with E-state index in [0.29, 0.717) is 34.8 Å². The average molecular weight is 310 g/mol. The molecule has 0 aliphatic carbocycles. The molecule has 0 amide bonds. The highest BCUT2D eigenvalue weighted by atomic mass is 16.6. The number of rotatable bonds is 4. The summed E-state index contributed by atoms with van der Waals surface area (Å²) in [5.74, 6) is 1.18. The Hall–Kier alpha value is -3.16. The van der Waals surface area contributed by atoms with E-state index in [2.05, 4.69) is 25.3 Å². The minimum absolute atomic E-state index is 0.0142. The molecule has 0 spiro atoms. The first-order valence-corrected chi connectivity index (χ1v) is 7.07. The van der Waals surface area contributed by atoms with Crippen LogP contribution in [0.4, 0.5) is 17.2 Å². The van der Waals surface area contributed by atoms with E-state index in [9.17, 15) is 10.1 Å². The zero-order valence-electron chi connectivity index (χ0n) is 12.6. The lowest BCUT2D eigenvalue weighted by molar-refractivity contribution is -0.384.